The van der Waals surface area contributed by atoms with Crippen molar-refractivity contribution in [2.45, 2.75) is 69.5 Å². The first-order valence-corrected chi connectivity index (χ1v) is 13.2. The minimum absolute atomic E-state index is 0.0945. The van der Waals surface area contributed by atoms with Crippen molar-refractivity contribution in [2.75, 3.05) is 5.32 Å². The van der Waals surface area contributed by atoms with Gasteiger partial charge >= 0.3 is 6.18 Å². The van der Waals surface area contributed by atoms with E-state index in [2.05, 4.69) is 26.2 Å². The standard InChI is InChI=1S/C25H29F3N6O2S/c1-24(2,3)37(36)33-21(25(26,27)28)15-8-10-17(11-9-15)31-22-20-19(12-13-30-23(20)35)34(32-22)18-7-5-4-6-16(18)14-29/h8-13,16,18,21,33H,4-7H2,1-3H3,(H,30,35)(H,31,32)/t16?,18-,21-,37+/m0/s1. The highest BCUT2D eigenvalue weighted by Gasteiger charge is 2.45. The average molecular weight is 535 g/mol. The second-order valence-corrected chi connectivity index (χ2v) is 12.2. The van der Waals surface area contributed by atoms with Crippen LogP contribution in [0.5, 0.6) is 0 Å². The second kappa shape index (κ2) is 10.4. The Kier molecular flexibility index (Phi) is 7.60. The highest BCUT2D eigenvalue weighted by Crippen LogP contribution is 2.38. The van der Waals surface area contributed by atoms with Crippen LogP contribution < -0.4 is 15.6 Å². The monoisotopic (exact) mass is 534 g/mol. The Labute approximate surface area is 215 Å². The molecule has 2 heterocycles. The highest BCUT2D eigenvalue weighted by molar-refractivity contribution is 7.90. The van der Waals surface area contributed by atoms with Gasteiger partial charge in [0.2, 0.25) is 0 Å². The second-order valence-electron chi connectivity index (χ2n) is 10.2. The summed E-state index contributed by atoms with van der Waals surface area (Å²) in [5.74, 6) is 0.0277. The lowest BCUT2D eigenvalue weighted by atomic mass is 9.85. The van der Waals surface area contributed by atoms with Crippen LogP contribution in [0, 0.1) is 17.2 Å². The first kappa shape index (κ1) is 27.0. The molecule has 1 aliphatic carbocycles. The Morgan fingerprint density at radius 3 is 2.49 bits per heavy atom. The number of hydrogen-bond acceptors (Lipinski definition) is 6. The van der Waals surface area contributed by atoms with Crippen LogP contribution in [0.25, 0.3) is 10.9 Å². The molecule has 8 nitrogen and oxygen atoms in total. The number of aromatic amines is 1. The summed E-state index contributed by atoms with van der Waals surface area (Å²) in [4.78, 5) is 15.3. The number of benzene rings is 1. The molecule has 1 aliphatic rings. The average Bonchev–Trinajstić information content (AvgIpc) is 3.21. The van der Waals surface area contributed by atoms with Crippen LogP contribution in [-0.2, 0) is 11.4 Å². The fourth-order valence-corrected chi connectivity index (χ4v) is 5.34. The topological polar surface area (TPSA) is 122 Å². The van der Waals surface area contributed by atoms with Crippen LogP contribution in [0.4, 0.5) is 24.7 Å². The van der Waals surface area contributed by atoms with Crippen molar-refractivity contribution in [3.63, 3.8) is 0 Å². The van der Waals surface area contributed by atoms with Gasteiger partial charge < -0.3 is 14.9 Å². The molecule has 4 rings (SSSR count). The molecule has 37 heavy (non-hydrogen) atoms. The fourth-order valence-electron chi connectivity index (χ4n) is 4.50. The van der Waals surface area contributed by atoms with Gasteiger partial charge in [-0.3, -0.25) is 9.48 Å². The molecule has 0 bridgehead atoms. The van der Waals surface area contributed by atoms with Crippen LogP contribution in [0.15, 0.2) is 41.3 Å². The van der Waals surface area contributed by atoms with Crippen molar-refractivity contribution in [3.8, 4) is 6.07 Å². The van der Waals surface area contributed by atoms with Gasteiger partial charge in [-0.1, -0.05) is 25.0 Å². The zero-order valence-corrected chi connectivity index (χ0v) is 21.5. The van der Waals surface area contributed by atoms with Gasteiger partial charge in [-0.2, -0.15) is 23.5 Å². The molecule has 2 aromatic heterocycles. The fraction of sp³-hybridized carbons (Fsp3) is 0.480. The molecule has 1 fully saturated rings. The summed E-state index contributed by atoms with van der Waals surface area (Å²) >= 11 is -1.93. The molecule has 3 aromatic rings. The summed E-state index contributed by atoms with van der Waals surface area (Å²) < 4.78 is 56.7. The van der Waals surface area contributed by atoms with Crippen molar-refractivity contribution < 1.29 is 17.7 Å². The summed E-state index contributed by atoms with van der Waals surface area (Å²) in [5, 5.41) is 17.6. The molecule has 1 unspecified atom stereocenters. The van der Waals surface area contributed by atoms with Crippen molar-refractivity contribution in [1.82, 2.24) is 19.5 Å². The Morgan fingerprint density at radius 2 is 1.86 bits per heavy atom. The van der Waals surface area contributed by atoms with E-state index in [0.717, 1.165) is 25.7 Å². The lowest BCUT2D eigenvalue weighted by Crippen LogP contribution is -2.45. The van der Waals surface area contributed by atoms with Crippen molar-refractivity contribution >= 4 is 33.8 Å². The van der Waals surface area contributed by atoms with Crippen LogP contribution in [0.3, 0.4) is 0 Å². The predicted molar refractivity (Wildman–Crippen MR) is 137 cm³/mol. The molecule has 3 N–H and O–H groups in total. The predicted octanol–water partition coefficient (Wildman–Crippen LogP) is 5.38. The number of H-pyrrole nitrogens is 1. The molecule has 0 aliphatic heterocycles. The lowest BCUT2D eigenvalue weighted by molar-refractivity contribution is -0.153. The van der Waals surface area contributed by atoms with Gasteiger partial charge in [-0.25, -0.2) is 0 Å². The van der Waals surface area contributed by atoms with Crippen molar-refractivity contribution in [1.29, 1.82) is 5.26 Å². The van der Waals surface area contributed by atoms with Crippen LogP contribution in [0.2, 0.25) is 0 Å². The van der Waals surface area contributed by atoms with Gasteiger partial charge in [0, 0.05) is 23.2 Å². The molecule has 0 radical (unpaired) electrons. The summed E-state index contributed by atoms with van der Waals surface area (Å²) in [6.07, 6.45) is 0.296. The Bertz CT molecular complexity index is 1340. The van der Waals surface area contributed by atoms with Gasteiger partial charge in [0.1, 0.15) is 10.1 Å². The van der Waals surface area contributed by atoms with E-state index in [4.69, 9.17) is 0 Å². The number of hydrogen-bond donors (Lipinski definition) is 3. The quantitative estimate of drug-likeness (QED) is 0.365. The maximum absolute atomic E-state index is 13.8. The van der Waals surface area contributed by atoms with Gasteiger partial charge in [0.25, 0.3) is 5.56 Å². The normalized spacial score (nSPS) is 20.4. The zero-order chi connectivity index (χ0) is 27.0. The maximum atomic E-state index is 13.8. The van der Waals surface area contributed by atoms with Crippen LogP contribution >= 0.6 is 0 Å². The van der Waals surface area contributed by atoms with E-state index >= 15 is 0 Å². The maximum Gasteiger partial charge on any atom is 0.412 e. The number of nitrogens with one attached hydrogen (secondary N) is 3. The molecule has 0 saturated heterocycles. The smallest absolute Gasteiger partial charge is 0.412 e. The van der Waals surface area contributed by atoms with E-state index in [0.29, 0.717) is 16.6 Å². The molecule has 1 saturated carbocycles. The number of alkyl halides is 3. The first-order valence-electron chi connectivity index (χ1n) is 12.0. The van der Waals surface area contributed by atoms with Crippen LogP contribution in [-0.4, -0.2) is 30.2 Å². The molecular formula is C25H29F3N6O2S. The zero-order valence-electron chi connectivity index (χ0n) is 20.7. The summed E-state index contributed by atoms with van der Waals surface area (Å²) in [5.41, 5.74) is 0.555. The first-order chi connectivity index (χ1) is 17.4. The van der Waals surface area contributed by atoms with E-state index in [1.54, 1.807) is 31.5 Å². The number of anilines is 2. The Hall–Kier alpha value is -3.01. The van der Waals surface area contributed by atoms with Crippen molar-refractivity contribution in [3.05, 3.63) is 52.4 Å². The SMILES string of the molecule is CC(C)(C)[S@@+]([O-])N[C@@H](c1ccc(Nc2nn([C@H]3CCCCC3C#N)c3cc[nH]c(=O)c23)cc1)C(F)(F)F. The van der Waals surface area contributed by atoms with E-state index < -0.39 is 28.3 Å². The number of rotatable bonds is 6. The van der Waals surface area contributed by atoms with E-state index in [-0.39, 0.29) is 28.9 Å². The largest absolute Gasteiger partial charge is 0.598 e. The number of fused-ring (bicyclic) bond motifs is 1. The lowest BCUT2D eigenvalue weighted by Gasteiger charge is -2.29. The summed E-state index contributed by atoms with van der Waals surface area (Å²) in [6, 6.07) is 7.30. The van der Waals surface area contributed by atoms with E-state index in [9.17, 15) is 27.8 Å². The number of nitrogens with zero attached hydrogens (tertiary/aromatic N) is 3. The molecule has 4 atom stereocenters. The molecule has 0 amide bonds. The van der Waals surface area contributed by atoms with Gasteiger partial charge in [0.05, 0.1) is 23.5 Å². The third-order valence-corrected chi connectivity index (χ3v) is 8.02. The molecule has 198 valence electrons. The van der Waals surface area contributed by atoms with E-state index in [1.165, 1.54) is 30.5 Å². The molecule has 1 aromatic carbocycles. The van der Waals surface area contributed by atoms with Gasteiger partial charge in [0.15, 0.2) is 11.9 Å². The third kappa shape index (κ3) is 5.79. The minimum atomic E-state index is -4.66. The Morgan fingerprint density at radius 1 is 1.19 bits per heavy atom. The van der Waals surface area contributed by atoms with Gasteiger partial charge in [-0.05, 0) is 57.4 Å². The molecular weight excluding hydrogens is 505 g/mol. The Balaban J connectivity index is 1.65. The number of aromatic nitrogens is 3. The van der Waals surface area contributed by atoms with E-state index in [1.807, 2.05) is 0 Å². The number of pyridine rings is 1. The van der Waals surface area contributed by atoms with Crippen molar-refractivity contribution in [2.24, 2.45) is 5.92 Å². The number of halogens is 3. The van der Waals surface area contributed by atoms with Gasteiger partial charge in [-0.15, -0.1) is 4.72 Å². The summed E-state index contributed by atoms with van der Waals surface area (Å²) in [7, 11) is 0. The highest BCUT2D eigenvalue weighted by atomic mass is 32.2. The minimum Gasteiger partial charge on any atom is -0.598 e. The third-order valence-electron chi connectivity index (χ3n) is 6.45. The van der Waals surface area contributed by atoms with Crippen LogP contribution in [0.1, 0.15) is 64.1 Å². The molecule has 12 heteroatoms. The number of nitriles is 1. The summed E-state index contributed by atoms with van der Waals surface area (Å²) in [6.45, 7) is 4.77. The molecule has 0 spiro atoms.